The first-order valence-corrected chi connectivity index (χ1v) is 8.51. The van der Waals surface area contributed by atoms with E-state index in [4.69, 9.17) is 0 Å². The van der Waals surface area contributed by atoms with E-state index in [0.29, 0.717) is 6.42 Å². The summed E-state index contributed by atoms with van der Waals surface area (Å²) in [6.07, 6.45) is 5.87. The fourth-order valence-electron chi connectivity index (χ4n) is 2.64. The van der Waals surface area contributed by atoms with Gasteiger partial charge < -0.3 is 15.5 Å². The highest BCUT2D eigenvalue weighted by molar-refractivity contribution is 5.87. The summed E-state index contributed by atoms with van der Waals surface area (Å²) in [5.41, 5.74) is 0. The monoisotopic (exact) mass is 329 g/mol. The summed E-state index contributed by atoms with van der Waals surface area (Å²) in [4.78, 5) is 34.4. The molecule has 0 aliphatic carbocycles. The third-order valence-corrected chi connectivity index (χ3v) is 3.92. The van der Waals surface area contributed by atoms with Crippen molar-refractivity contribution in [3.05, 3.63) is 0 Å². The first-order valence-electron chi connectivity index (χ1n) is 8.51. The lowest BCUT2D eigenvalue weighted by molar-refractivity contribution is -0.142. The zero-order valence-electron chi connectivity index (χ0n) is 14.5. The maximum absolute atomic E-state index is 12.1. The minimum atomic E-state index is -1.16. The van der Waals surface area contributed by atoms with Crippen molar-refractivity contribution in [1.29, 1.82) is 0 Å². The second-order valence-electron chi connectivity index (χ2n) is 6.16. The Bertz CT molecular complexity index is 381. The van der Waals surface area contributed by atoms with Crippen molar-refractivity contribution in [3.63, 3.8) is 0 Å². The highest BCUT2D eigenvalue weighted by Gasteiger charge is 2.29. The average molecular weight is 329 g/mol. The average Bonchev–Trinajstić information content (AvgIpc) is 2.46. The van der Waals surface area contributed by atoms with Crippen molar-refractivity contribution < 1.29 is 24.6 Å². The molecule has 0 bridgehead atoms. The molecule has 0 aliphatic rings. The summed E-state index contributed by atoms with van der Waals surface area (Å²) in [5.74, 6) is -2.50. The number of nitrogens with one attached hydrogen (secondary N) is 1. The molecule has 0 saturated heterocycles. The van der Waals surface area contributed by atoms with Crippen LogP contribution in [0.3, 0.4) is 0 Å². The van der Waals surface area contributed by atoms with Crippen molar-refractivity contribution in [1.82, 2.24) is 5.32 Å². The molecule has 0 radical (unpaired) electrons. The van der Waals surface area contributed by atoms with Crippen LogP contribution in [0.1, 0.15) is 72.1 Å². The molecule has 0 aromatic rings. The number of carbonyl (C=O) groups excluding carboxylic acids is 2. The van der Waals surface area contributed by atoms with Crippen LogP contribution in [0.15, 0.2) is 0 Å². The SMILES string of the molecule is CCCCCCCCC(CC(NC(C)=O)C(=O)O)C(=O)C(C)O. The zero-order valence-corrected chi connectivity index (χ0v) is 14.5. The highest BCUT2D eigenvalue weighted by Crippen LogP contribution is 2.20. The number of aliphatic hydroxyl groups is 1. The van der Waals surface area contributed by atoms with E-state index in [2.05, 4.69) is 12.2 Å². The third kappa shape index (κ3) is 10.0. The van der Waals surface area contributed by atoms with Gasteiger partial charge in [-0.2, -0.15) is 0 Å². The third-order valence-electron chi connectivity index (χ3n) is 3.92. The lowest BCUT2D eigenvalue weighted by Crippen LogP contribution is -2.42. The van der Waals surface area contributed by atoms with Crippen LogP contribution in [0, 0.1) is 5.92 Å². The molecular weight excluding hydrogens is 298 g/mol. The molecule has 134 valence electrons. The van der Waals surface area contributed by atoms with E-state index in [0.717, 1.165) is 25.7 Å². The van der Waals surface area contributed by atoms with Gasteiger partial charge in [-0.15, -0.1) is 0 Å². The summed E-state index contributed by atoms with van der Waals surface area (Å²) in [5, 5.41) is 21.0. The lowest BCUT2D eigenvalue weighted by Gasteiger charge is -2.21. The number of rotatable bonds is 13. The van der Waals surface area contributed by atoms with Crippen molar-refractivity contribution in [2.45, 2.75) is 84.3 Å². The van der Waals surface area contributed by atoms with Gasteiger partial charge in [0, 0.05) is 12.8 Å². The summed E-state index contributed by atoms with van der Waals surface area (Å²) in [6, 6.07) is -1.10. The molecule has 0 rings (SSSR count). The molecule has 0 heterocycles. The van der Waals surface area contributed by atoms with Gasteiger partial charge in [0.1, 0.15) is 12.1 Å². The summed E-state index contributed by atoms with van der Waals surface area (Å²) in [7, 11) is 0. The Kier molecular flexibility index (Phi) is 11.3. The summed E-state index contributed by atoms with van der Waals surface area (Å²) >= 11 is 0. The van der Waals surface area contributed by atoms with Gasteiger partial charge in [-0.05, 0) is 19.8 Å². The predicted molar refractivity (Wildman–Crippen MR) is 88.0 cm³/mol. The Labute approximate surface area is 138 Å². The van der Waals surface area contributed by atoms with Crippen LogP contribution in [0.4, 0.5) is 0 Å². The number of amides is 1. The van der Waals surface area contributed by atoms with Gasteiger partial charge in [-0.25, -0.2) is 4.79 Å². The number of hydrogen-bond acceptors (Lipinski definition) is 4. The molecule has 0 aromatic carbocycles. The molecular formula is C17H31NO5. The van der Waals surface area contributed by atoms with E-state index in [1.807, 2.05) is 0 Å². The van der Waals surface area contributed by atoms with Crippen LogP contribution in [0.25, 0.3) is 0 Å². The first-order chi connectivity index (χ1) is 10.8. The van der Waals surface area contributed by atoms with Crippen LogP contribution < -0.4 is 5.32 Å². The molecule has 3 unspecified atom stereocenters. The van der Waals surface area contributed by atoms with Crippen LogP contribution in [-0.2, 0) is 14.4 Å². The minimum absolute atomic E-state index is 0.0214. The Hall–Kier alpha value is -1.43. The number of aliphatic carboxylic acids is 1. The number of carboxylic acid groups (broad SMARTS) is 1. The molecule has 0 spiro atoms. The smallest absolute Gasteiger partial charge is 0.326 e. The quantitative estimate of drug-likeness (QED) is 0.450. The van der Waals surface area contributed by atoms with E-state index in [-0.39, 0.29) is 12.2 Å². The predicted octanol–water partition coefficient (Wildman–Crippen LogP) is 2.28. The molecule has 0 aromatic heterocycles. The maximum Gasteiger partial charge on any atom is 0.326 e. The van der Waals surface area contributed by atoms with Crippen LogP contribution >= 0.6 is 0 Å². The fraction of sp³-hybridized carbons (Fsp3) is 0.824. The Morgan fingerprint density at radius 2 is 1.61 bits per heavy atom. The lowest BCUT2D eigenvalue weighted by atomic mass is 9.88. The molecule has 6 nitrogen and oxygen atoms in total. The van der Waals surface area contributed by atoms with Gasteiger partial charge in [0.15, 0.2) is 5.78 Å². The summed E-state index contributed by atoms with van der Waals surface area (Å²) < 4.78 is 0. The molecule has 23 heavy (non-hydrogen) atoms. The van der Waals surface area contributed by atoms with E-state index in [9.17, 15) is 24.6 Å². The van der Waals surface area contributed by atoms with Gasteiger partial charge in [0.05, 0.1) is 0 Å². The second-order valence-corrected chi connectivity index (χ2v) is 6.16. The van der Waals surface area contributed by atoms with Crippen LogP contribution in [0.5, 0.6) is 0 Å². The van der Waals surface area contributed by atoms with Crippen molar-refractivity contribution >= 4 is 17.7 Å². The van der Waals surface area contributed by atoms with Gasteiger partial charge in [-0.1, -0.05) is 45.4 Å². The largest absolute Gasteiger partial charge is 0.480 e. The standard InChI is InChI=1S/C17H31NO5/c1-4-5-6-7-8-9-10-14(16(21)12(2)19)11-15(17(22)23)18-13(3)20/h12,14-15,19H,4-11H2,1-3H3,(H,18,20)(H,22,23). The summed E-state index contributed by atoms with van der Waals surface area (Å²) in [6.45, 7) is 4.78. The van der Waals surface area contributed by atoms with Crippen molar-refractivity contribution in [3.8, 4) is 0 Å². The Morgan fingerprint density at radius 1 is 1.04 bits per heavy atom. The number of carbonyl (C=O) groups is 3. The molecule has 6 heteroatoms. The number of unbranched alkanes of at least 4 members (excludes halogenated alkanes) is 5. The van der Waals surface area contributed by atoms with Crippen LogP contribution in [-0.4, -0.2) is 40.0 Å². The maximum atomic E-state index is 12.1. The molecule has 1 amide bonds. The van der Waals surface area contributed by atoms with Gasteiger partial charge in [-0.3, -0.25) is 9.59 Å². The number of carboxylic acids is 1. The fourth-order valence-corrected chi connectivity index (χ4v) is 2.64. The number of aliphatic hydroxyl groups excluding tert-OH is 1. The Morgan fingerprint density at radius 3 is 2.09 bits per heavy atom. The Balaban J connectivity index is 4.58. The van der Waals surface area contributed by atoms with E-state index >= 15 is 0 Å². The molecule has 0 aliphatic heterocycles. The number of Topliss-reactive ketones (excluding diaryl/α,β-unsaturated/α-hetero) is 1. The molecule has 0 saturated carbocycles. The molecule has 3 atom stereocenters. The number of hydrogen-bond donors (Lipinski definition) is 3. The van der Waals surface area contributed by atoms with Gasteiger partial charge >= 0.3 is 5.97 Å². The zero-order chi connectivity index (χ0) is 17.8. The van der Waals surface area contributed by atoms with Crippen LogP contribution in [0.2, 0.25) is 0 Å². The van der Waals surface area contributed by atoms with Gasteiger partial charge in [0.25, 0.3) is 0 Å². The van der Waals surface area contributed by atoms with Crippen molar-refractivity contribution in [2.75, 3.05) is 0 Å². The normalized spacial score (nSPS) is 14.8. The van der Waals surface area contributed by atoms with E-state index in [1.54, 1.807) is 0 Å². The first kappa shape index (κ1) is 21.6. The second kappa shape index (κ2) is 12.0. The molecule has 0 fully saturated rings. The van der Waals surface area contributed by atoms with E-state index < -0.39 is 29.9 Å². The number of ketones is 1. The van der Waals surface area contributed by atoms with E-state index in [1.165, 1.54) is 26.7 Å². The topological polar surface area (TPSA) is 104 Å². The minimum Gasteiger partial charge on any atom is -0.480 e. The van der Waals surface area contributed by atoms with Gasteiger partial charge in [0.2, 0.25) is 5.91 Å². The van der Waals surface area contributed by atoms with Crippen molar-refractivity contribution in [2.24, 2.45) is 5.92 Å². The highest BCUT2D eigenvalue weighted by atomic mass is 16.4. The molecule has 3 N–H and O–H groups in total.